The molecule has 0 fully saturated rings. The van der Waals surface area contributed by atoms with Crippen LogP contribution in [0.5, 0.6) is 5.75 Å². The van der Waals surface area contributed by atoms with E-state index in [4.69, 9.17) is 9.47 Å². The zero-order valence-electron chi connectivity index (χ0n) is 16.5. The molecule has 1 aliphatic carbocycles. The lowest BCUT2D eigenvalue weighted by Crippen LogP contribution is -2.41. The molecule has 146 valence electrons. The number of aliphatic hydroxyl groups is 1. The van der Waals surface area contributed by atoms with E-state index in [1.807, 2.05) is 6.92 Å². The Balaban J connectivity index is 2.57. The first-order chi connectivity index (χ1) is 12.7. The Morgan fingerprint density at radius 1 is 1.26 bits per heavy atom. The number of methoxy groups -OCH3 is 2. The van der Waals surface area contributed by atoms with Gasteiger partial charge in [0.1, 0.15) is 17.4 Å². The van der Waals surface area contributed by atoms with E-state index in [2.05, 4.69) is 4.99 Å². The van der Waals surface area contributed by atoms with Crippen LogP contribution in [0.25, 0.3) is 0 Å². The van der Waals surface area contributed by atoms with Crippen molar-refractivity contribution >= 4 is 23.2 Å². The number of allylic oxidation sites excluding steroid dienone is 1. The fraction of sp³-hybridized carbons (Fsp3) is 0.476. The summed E-state index contributed by atoms with van der Waals surface area (Å²) in [7, 11) is 2.86. The number of Topliss-reactive ketones (excluding diaryl/α,β-unsaturated/α-hetero) is 1. The SMILES string of the molecule is CCCC(=Nc1ccc(OC)cc1)C1=C(O)C(C(=O)OC)C(C)(C)CC1=O. The average Bonchev–Trinajstić information content (AvgIpc) is 2.61. The van der Waals surface area contributed by atoms with E-state index >= 15 is 0 Å². The van der Waals surface area contributed by atoms with Crippen LogP contribution in [0.3, 0.4) is 0 Å². The van der Waals surface area contributed by atoms with Gasteiger partial charge in [-0.3, -0.25) is 14.6 Å². The molecule has 0 spiro atoms. The number of rotatable bonds is 6. The van der Waals surface area contributed by atoms with Crippen molar-refractivity contribution in [2.75, 3.05) is 14.2 Å². The van der Waals surface area contributed by atoms with Gasteiger partial charge in [-0.1, -0.05) is 27.2 Å². The van der Waals surface area contributed by atoms with Gasteiger partial charge in [-0.2, -0.15) is 0 Å². The molecule has 6 nitrogen and oxygen atoms in total. The minimum atomic E-state index is -0.895. The van der Waals surface area contributed by atoms with Gasteiger partial charge in [0.25, 0.3) is 0 Å². The second kappa shape index (κ2) is 8.37. The molecule has 0 bridgehead atoms. The number of ketones is 1. The Labute approximate surface area is 159 Å². The number of hydrogen-bond acceptors (Lipinski definition) is 6. The monoisotopic (exact) mass is 373 g/mol. The molecule has 2 rings (SSSR count). The van der Waals surface area contributed by atoms with E-state index in [0.717, 1.165) is 6.42 Å². The first-order valence-corrected chi connectivity index (χ1v) is 9.01. The number of aliphatic hydroxyl groups excluding tert-OH is 1. The molecule has 1 atom stereocenters. The maximum absolute atomic E-state index is 12.8. The molecule has 0 saturated carbocycles. The molecule has 0 saturated heterocycles. The van der Waals surface area contributed by atoms with Crippen molar-refractivity contribution < 1.29 is 24.2 Å². The summed E-state index contributed by atoms with van der Waals surface area (Å²) >= 11 is 0. The Morgan fingerprint density at radius 2 is 1.89 bits per heavy atom. The number of aliphatic imine (C=N–C) groups is 1. The van der Waals surface area contributed by atoms with Crippen molar-refractivity contribution in [3.05, 3.63) is 35.6 Å². The third-order valence-electron chi connectivity index (χ3n) is 4.75. The van der Waals surface area contributed by atoms with Crippen LogP contribution in [-0.4, -0.2) is 36.8 Å². The van der Waals surface area contributed by atoms with Crippen LogP contribution in [0.1, 0.15) is 40.0 Å². The van der Waals surface area contributed by atoms with E-state index in [9.17, 15) is 14.7 Å². The molecular weight excluding hydrogens is 346 g/mol. The number of carbonyl (C=O) groups excluding carboxylic acids is 2. The van der Waals surface area contributed by atoms with Crippen molar-refractivity contribution in [3.8, 4) is 5.75 Å². The number of nitrogens with zero attached hydrogens (tertiary/aromatic N) is 1. The Kier molecular flexibility index (Phi) is 6.41. The number of carbonyl (C=O) groups is 2. The summed E-state index contributed by atoms with van der Waals surface area (Å²) in [5.41, 5.74) is 0.540. The van der Waals surface area contributed by atoms with Gasteiger partial charge in [0.05, 0.1) is 31.2 Å². The van der Waals surface area contributed by atoms with Crippen molar-refractivity contribution in [1.29, 1.82) is 0 Å². The molecule has 1 aromatic rings. The van der Waals surface area contributed by atoms with E-state index in [-0.39, 0.29) is 23.5 Å². The lowest BCUT2D eigenvalue weighted by molar-refractivity contribution is -0.150. The summed E-state index contributed by atoms with van der Waals surface area (Å²) in [6.07, 6.45) is 1.38. The van der Waals surface area contributed by atoms with Gasteiger partial charge < -0.3 is 14.6 Å². The van der Waals surface area contributed by atoms with Crippen molar-refractivity contribution in [3.63, 3.8) is 0 Å². The number of esters is 1. The van der Waals surface area contributed by atoms with Gasteiger partial charge in [0.15, 0.2) is 5.78 Å². The van der Waals surface area contributed by atoms with Crippen LogP contribution < -0.4 is 4.74 Å². The summed E-state index contributed by atoms with van der Waals surface area (Å²) < 4.78 is 10.0. The summed E-state index contributed by atoms with van der Waals surface area (Å²) in [6, 6.07) is 7.11. The molecular formula is C21H27NO5. The first-order valence-electron chi connectivity index (χ1n) is 9.01. The van der Waals surface area contributed by atoms with E-state index in [1.165, 1.54) is 7.11 Å². The molecule has 0 amide bonds. The predicted octanol–water partition coefficient (Wildman–Crippen LogP) is 4.17. The first kappa shape index (κ1) is 20.7. The minimum absolute atomic E-state index is 0.136. The van der Waals surface area contributed by atoms with Crippen LogP contribution in [0.4, 0.5) is 5.69 Å². The quantitative estimate of drug-likeness (QED) is 0.597. The van der Waals surface area contributed by atoms with Crippen LogP contribution >= 0.6 is 0 Å². The summed E-state index contributed by atoms with van der Waals surface area (Å²) in [4.78, 5) is 29.7. The predicted molar refractivity (Wildman–Crippen MR) is 104 cm³/mol. The number of hydrogen-bond donors (Lipinski definition) is 1. The summed E-state index contributed by atoms with van der Waals surface area (Å²) in [5, 5.41) is 10.9. The second-order valence-corrected chi connectivity index (χ2v) is 7.31. The topological polar surface area (TPSA) is 85.2 Å². The Morgan fingerprint density at radius 3 is 2.41 bits per heavy atom. The molecule has 1 aliphatic rings. The zero-order chi connectivity index (χ0) is 20.2. The second-order valence-electron chi connectivity index (χ2n) is 7.31. The molecule has 0 aliphatic heterocycles. The molecule has 1 N–H and O–H groups in total. The summed E-state index contributed by atoms with van der Waals surface area (Å²) in [5.74, 6) is -1.20. The van der Waals surface area contributed by atoms with Gasteiger partial charge >= 0.3 is 5.97 Å². The zero-order valence-corrected chi connectivity index (χ0v) is 16.5. The highest BCUT2D eigenvalue weighted by atomic mass is 16.5. The van der Waals surface area contributed by atoms with Gasteiger partial charge in [0, 0.05) is 6.42 Å². The van der Waals surface area contributed by atoms with Crippen LogP contribution in [0.2, 0.25) is 0 Å². The molecule has 1 unspecified atom stereocenters. The van der Waals surface area contributed by atoms with Crippen LogP contribution in [-0.2, 0) is 14.3 Å². The van der Waals surface area contributed by atoms with Gasteiger partial charge in [-0.25, -0.2) is 0 Å². The molecule has 27 heavy (non-hydrogen) atoms. The van der Waals surface area contributed by atoms with Crippen molar-refractivity contribution in [2.24, 2.45) is 16.3 Å². The van der Waals surface area contributed by atoms with Crippen molar-refractivity contribution in [1.82, 2.24) is 0 Å². The van der Waals surface area contributed by atoms with E-state index < -0.39 is 17.3 Å². The molecule has 6 heteroatoms. The molecule has 0 aromatic heterocycles. The Bertz CT molecular complexity index is 774. The van der Waals surface area contributed by atoms with Crippen LogP contribution in [0.15, 0.2) is 40.6 Å². The highest BCUT2D eigenvalue weighted by Crippen LogP contribution is 2.43. The lowest BCUT2D eigenvalue weighted by atomic mass is 9.67. The average molecular weight is 373 g/mol. The standard InChI is InChI=1S/C21H27NO5/c1-6-7-15(22-13-8-10-14(26-4)11-9-13)17-16(23)12-21(2,3)18(19(17)24)20(25)27-5/h8-11,18,24H,6-7,12H2,1-5H3. The normalized spacial score (nSPS) is 19.8. The minimum Gasteiger partial charge on any atom is -0.511 e. The fourth-order valence-corrected chi connectivity index (χ4v) is 3.41. The maximum Gasteiger partial charge on any atom is 0.316 e. The third kappa shape index (κ3) is 4.38. The van der Waals surface area contributed by atoms with Gasteiger partial charge in [-0.15, -0.1) is 0 Å². The largest absolute Gasteiger partial charge is 0.511 e. The Hall–Kier alpha value is -2.63. The summed E-state index contributed by atoms with van der Waals surface area (Å²) in [6.45, 7) is 5.52. The highest BCUT2D eigenvalue weighted by molar-refractivity contribution is 6.24. The number of ether oxygens (including phenoxy) is 2. The van der Waals surface area contributed by atoms with E-state index in [1.54, 1.807) is 45.2 Å². The van der Waals surface area contributed by atoms with E-state index in [0.29, 0.717) is 23.6 Å². The highest BCUT2D eigenvalue weighted by Gasteiger charge is 2.47. The molecule has 0 heterocycles. The number of benzene rings is 1. The lowest BCUT2D eigenvalue weighted by Gasteiger charge is -2.36. The third-order valence-corrected chi connectivity index (χ3v) is 4.75. The van der Waals surface area contributed by atoms with Gasteiger partial charge in [-0.05, 0) is 36.1 Å². The van der Waals surface area contributed by atoms with Gasteiger partial charge in [0.2, 0.25) is 0 Å². The molecule has 1 aromatic carbocycles. The van der Waals surface area contributed by atoms with Crippen LogP contribution in [0, 0.1) is 11.3 Å². The maximum atomic E-state index is 12.8. The molecule has 0 radical (unpaired) electrons. The fourth-order valence-electron chi connectivity index (χ4n) is 3.41. The smallest absolute Gasteiger partial charge is 0.316 e. The van der Waals surface area contributed by atoms with Crippen molar-refractivity contribution in [2.45, 2.75) is 40.0 Å².